The fourth-order valence-corrected chi connectivity index (χ4v) is 3.09. The van der Waals surface area contributed by atoms with E-state index in [1.807, 2.05) is 6.07 Å². The van der Waals surface area contributed by atoms with Crippen molar-refractivity contribution in [3.63, 3.8) is 0 Å². The Hall–Kier alpha value is -0.970. The van der Waals surface area contributed by atoms with Crippen molar-refractivity contribution in [2.75, 3.05) is 26.7 Å². The summed E-state index contributed by atoms with van der Waals surface area (Å²) in [6, 6.07) is 3.38. The summed E-state index contributed by atoms with van der Waals surface area (Å²) < 4.78 is 5.15. The second kappa shape index (κ2) is 7.16. The molecule has 4 nitrogen and oxygen atoms in total. The topological polar surface area (TPSA) is 58.7 Å². The smallest absolute Gasteiger partial charge is 0.160 e. The first-order valence-corrected chi connectivity index (χ1v) is 7.49. The summed E-state index contributed by atoms with van der Waals surface area (Å²) >= 11 is 6.21. The van der Waals surface area contributed by atoms with Crippen LogP contribution < -0.4 is 10.5 Å². The van der Waals surface area contributed by atoms with Crippen molar-refractivity contribution in [3.8, 4) is 11.5 Å². The molecule has 0 bridgehead atoms. The predicted octanol–water partition coefficient (Wildman–Crippen LogP) is 2.62. The minimum absolute atomic E-state index is 0.0842. The van der Waals surface area contributed by atoms with Crippen LogP contribution in [0, 0.1) is 5.92 Å². The van der Waals surface area contributed by atoms with Crippen LogP contribution in [0.4, 0.5) is 0 Å². The van der Waals surface area contributed by atoms with Crippen LogP contribution in [-0.4, -0.2) is 36.8 Å². The molecule has 1 aliphatic rings. The fraction of sp³-hybridized carbons (Fsp3) is 0.600. The van der Waals surface area contributed by atoms with Crippen LogP contribution in [0.25, 0.3) is 0 Å². The average Bonchev–Trinajstić information content (AvgIpc) is 2.43. The second-order valence-corrected chi connectivity index (χ2v) is 5.84. The van der Waals surface area contributed by atoms with Crippen molar-refractivity contribution >= 4 is 11.6 Å². The number of rotatable bonds is 5. The van der Waals surface area contributed by atoms with Crippen LogP contribution in [0.3, 0.4) is 0 Å². The number of ether oxygens (including phenoxy) is 1. The number of likely N-dealkylation sites (tertiary alicyclic amines) is 1. The third-order valence-electron chi connectivity index (χ3n) is 3.92. The molecular weight excluding hydrogens is 276 g/mol. The van der Waals surface area contributed by atoms with E-state index in [2.05, 4.69) is 4.90 Å². The number of phenols is 1. The van der Waals surface area contributed by atoms with E-state index < -0.39 is 0 Å². The highest BCUT2D eigenvalue weighted by Crippen LogP contribution is 2.33. The molecule has 1 aromatic rings. The van der Waals surface area contributed by atoms with E-state index in [0.717, 1.165) is 38.2 Å². The number of hydrogen-bond donors (Lipinski definition) is 2. The first-order chi connectivity index (χ1) is 9.63. The van der Waals surface area contributed by atoms with Crippen LogP contribution in [0.15, 0.2) is 12.1 Å². The molecule has 0 aliphatic carbocycles. The van der Waals surface area contributed by atoms with E-state index in [9.17, 15) is 5.11 Å². The fourth-order valence-electron chi connectivity index (χ4n) is 2.88. The van der Waals surface area contributed by atoms with E-state index in [1.165, 1.54) is 12.8 Å². The number of nitrogens with two attached hydrogens (primary N) is 1. The molecule has 1 aliphatic heterocycles. The Morgan fingerprint density at radius 1 is 1.50 bits per heavy atom. The van der Waals surface area contributed by atoms with E-state index in [0.29, 0.717) is 16.7 Å². The van der Waals surface area contributed by atoms with Crippen molar-refractivity contribution in [3.05, 3.63) is 22.7 Å². The van der Waals surface area contributed by atoms with Gasteiger partial charge in [-0.2, -0.15) is 0 Å². The molecule has 20 heavy (non-hydrogen) atoms. The van der Waals surface area contributed by atoms with Gasteiger partial charge in [0.25, 0.3) is 0 Å². The average molecular weight is 299 g/mol. The number of phenolic OH excluding ortho intramolecular Hbond substituents is 1. The summed E-state index contributed by atoms with van der Waals surface area (Å²) in [5.74, 6) is 1.24. The summed E-state index contributed by atoms with van der Waals surface area (Å²) in [7, 11) is 1.55. The molecule has 1 saturated heterocycles. The lowest BCUT2D eigenvalue weighted by molar-refractivity contribution is 0.163. The number of benzene rings is 1. The maximum Gasteiger partial charge on any atom is 0.160 e. The lowest BCUT2D eigenvalue weighted by Gasteiger charge is -2.32. The van der Waals surface area contributed by atoms with E-state index >= 15 is 0 Å². The molecule has 1 fully saturated rings. The minimum atomic E-state index is 0.0842. The van der Waals surface area contributed by atoms with Gasteiger partial charge in [-0.1, -0.05) is 11.6 Å². The first kappa shape index (κ1) is 15.4. The van der Waals surface area contributed by atoms with Gasteiger partial charge in [0.05, 0.1) is 7.11 Å². The largest absolute Gasteiger partial charge is 0.504 e. The monoisotopic (exact) mass is 298 g/mol. The van der Waals surface area contributed by atoms with Gasteiger partial charge in [-0.3, -0.25) is 4.90 Å². The number of piperidine rings is 1. The van der Waals surface area contributed by atoms with Crippen molar-refractivity contribution in [1.29, 1.82) is 0 Å². The standard InChI is InChI=1S/C15H23ClN2O2/c1-20-15-7-12(13(16)8-14(15)19)10-18-6-2-3-11(9-18)4-5-17/h7-8,11,19H,2-6,9-10,17H2,1H3. The number of nitrogens with zero attached hydrogens (tertiary/aromatic N) is 1. The summed E-state index contributed by atoms with van der Waals surface area (Å²) in [6.45, 7) is 3.69. The zero-order chi connectivity index (χ0) is 14.5. The highest BCUT2D eigenvalue weighted by molar-refractivity contribution is 6.31. The lowest BCUT2D eigenvalue weighted by Crippen LogP contribution is -2.35. The van der Waals surface area contributed by atoms with Crippen LogP contribution in [0.2, 0.25) is 5.02 Å². The minimum Gasteiger partial charge on any atom is -0.504 e. The summed E-state index contributed by atoms with van der Waals surface area (Å²) in [6.07, 6.45) is 3.56. The first-order valence-electron chi connectivity index (χ1n) is 7.11. The number of hydrogen-bond acceptors (Lipinski definition) is 4. The van der Waals surface area contributed by atoms with Gasteiger partial charge < -0.3 is 15.6 Å². The lowest BCUT2D eigenvalue weighted by atomic mass is 9.94. The van der Waals surface area contributed by atoms with Gasteiger partial charge in [0, 0.05) is 24.2 Å². The van der Waals surface area contributed by atoms with Crippen molar-refractivity contribution in [1.82, 2.24) is 4.90 Å². The Kier molecular flexibility index (Phi) is 5.52. The molecule has 112 valence electrons. The normalized spacial score (nSPS) is 20.1. The third-order valence-corrected chi connectivity index (χ3v) is 4.27. The molecule has 0 spiro atoms. The molecule has 2 rings (SSSR count). The highest BCUT2D eigenvalue weighted by atomic mass is 35.5. The molecule has 0 aromatic heterocycles. The Labute approximate surface area is 125 Å². The molecule has 0 saturated carbocycles. The van der Waals surface area contributed by atoms with Gasteiger partial charge in [0.15, 0.2) is 11.5 Å². The summed E-state index contributed by atoms with van der Waals surface area (Å²) in [5, 5.41) is 10.3. The Morgan fingerprint density at radius 2 is 2.30 bits per heavy atom. The van der Waals surface area contributed by atoms with E-state index in [4.69, 9.17) is 22.1 Å². The maximum atomic E-state index is 9.70. The van der Waals surface area contributed by atoms with Crippen LogP contribution in [-0.2, 0) is 6.54 Å². The zero-order valence-electron chi connectivity index (χ0n) is 11.9. The van der Waals surface area contributed by atoms with Gasteiger partial charge in [-0.25, -0.2) is 0 Å². The van der Waals surface area contributed by atoms with Gasteiger partial charge in [-0.15, -0.1) is 0 Å². The molecule has 3 N–H and O–H groups in total. The van der Waals surface area contributed by atoms with Gasteiger partial charge in [0.2, 0.25) is 0 Å². The highest BCUT2D eigenvalue weighted by Gasteiger charge is 2.20. The van der Waals surface area contributed by atoms with E-state index in [-0.39, 0.29) is 5.75 Å². The number of methoxy groups -OCH3 is 1. The molecule has 1 aromatic carbocycles. The third kappa shape index (κ3) is 3.78. The van der Waals surface area contributed by atoms with Crippen molar-refractivity contribution in [2.45, 2.75) is 25.8 Å². The Bertz CT molecular complexity index is 452. The molecule has 5 heteroatoms. The summed E-state index contributed by atoms with van der Waals surface area (Å²) in [5.41, 5.74) is 6.65. The number of aromatic hydroxyl groups is 1. The van der Waals surface area contributed by atoms with Crippen LogP contribution in [0.5, 0.6) is 11.5 Å². The summed E-state index contributed by atoms with van der Waals surface area (Å²) in [4.78, 5) is 2.40. The Balaban J connectivity index is 2.05. The van der Waals surface area contributed by atoms with Gasteiger partial charge in [0.1, 0.15) is 0 Å². The number of halogens is 1. The molecule has 1 unspecified atom stereocenters. The molecule has 0 radical (unpaired) electrons. The quantitative estimate of drug-likeness (QED) is 0.877. The molecule has 1 atom stereocenters. The maximum absolute atomic E-state index is 9.70. The molecule has 1 heterocycles. The SMILES string of the molecule is COc1cc(CN2CCCC(CCN)C2)c(Cl)cc1O. The zero-order valence-corrected chi connectivity index (χ0v) is 12.7. The van der Waals surface area contributed by atoms with E-state index in [1.54, 1.807) is 13.2 Å². The van der Waals surface area contributed by atoms with Crippen molar-refractivity contribution < 1.29 is 9.84 Å². The molecule has 0 amide bonds. The van der Waals surface area contributed by atoms with Gasteiger partial charge in [-0.05, 0) is 49.9 Å². The Morgan fingerprint density at radius 3 is 3.00 bits per heavy atom. The van der Waals surface area contributed by atoms with Gasteiger partial charge >= 0.3 is 0 Å². The van der Waals surface area contributed by atoms with Crippen LogP contribution in [0.1, 0.15) is 24.8 Å². The van der Waals surface area contributed by atoms with Crippen molar-refractivity contribution in [2.24, 2.45) is 11.7 Å². The second-order valence-electron chi connectivity index (χ2n) is 5.44. The molecular formula is C15H23ClN2O2. The van der Waals surface area contributed by atoms with Crippen LogP contribution >= 0.6 is 11.6 Å². The predicted molar refractivity (Wildman–Crippen MR) is 81.3 cm³/mol.